The summed E-state index contributed by atoms with van der Waals surface area (Å²) in [5, 5.41) is 13.6. The lowest BCUT2D eigenvalue weighted by Gasteiger charge is -2.21. The van der Waals surface area contributed by atoms with Crippen LogP contribution in [0.1, 0.15) is 25.5 Å². The van der Waals surface area contributed by atoms with Gasteiger partial charge in [-0.15, -0.1) is 23.5 Å². The van der Waals surface area contributed by atoms with Gasteiger partial charge in [-0.1, -0.05) is 0 Å². The van der Waals surface area contributed by atoms with E-state index in [1.54, 1.807) is 35.7 Å². The maximum Gasteiger partial charge on any atom is 0.269 e. The van der Waals surface area contributed by atoms with Gasteiger partial charge in [0.2, 0.25) is 5.91 Å². The molecule has 122 valence electrons. The lowest BCUT2D eigenvalue weighted by atomic mass is 9.97. The first-order valence-electron chi connectivity index (χ1n) is 6.92. The van der Waals surface area contributed by atoms with Crippen LogP contribution in [-0.4, -0.2) is 28.1 Å². The standard InChI is InChI=1S/C15H16N2O4S2/c1-9(18)13(15-22-7-8-23-15)14(16-10(2)19)11-3-5-12(6-4-11)17(20)21/h3-6,14H,7-8H2,1-2H3,(H,16,19). The van der Waals surface area contributed by atoms with Crippen LogP contribution in [-0.2, 0) is 9.59 Å². The zero-order valence-corrected chi connectivity index (χ0v) is 14.3. The molecule has 0 radical (unpaired) electrons. The Hall–Kier alpha value is -1.80. The maximum absolute atomic E-state index is 12.2. The summed E-state index contributed by atoms with van der Waals surface area (Å²) >= 11 is 3.20. The van der Waals surface area contributed by atoms with E-state index in [1.807, 2.05) is 0 Å². The van der Waals surface area contributed by atoms with Crippen molar-refractivity contribution in [1.82, 2.24) is 5.32 Å². The van der Waals surface area contributed by atoms with Gasteiger partial charge < -0.3 is 5.32 Å². The third-order valence-corrected chi connectivity index (χ3v) is 5.97. The summed E-state index contributed by atoms with van der Waals surface area (Å²) in [5.41, 5.74) is 1.16. The van der Waals surface area contributed by atoms with Crippen molar-refractivity contribution < 1.29 is 14.5 Å². The van der Waals surface area contributed by atoms with Gasteiger partial charge in [-0.05, 0) is 24.6 Å². The highest BCUT2D eigenvalue weighted by Gasteiger charge is 2.27. The van der Waals surface area contributed by atoms with Crippen LogP contribution in [0.25, 0.3) is 0 Å². The van der Waals surface area contributed by atoms with E-state index in [4.69, 9.17) is 0 Å². The average Bonchev–Trinajstić information content (AvgIpc) is 2.99. The van der Waals surface area contributed by atoms with Crippen molar-refractivity contribution in [2.45, 2.75) is 19.9 Å². The Labute approximate surface area is 142 Å². The van der Waals surface area contributed by atoms with E-state index >= 15 is 0 Å². The molecule has 1 unspecified atom stereocenters. The van der Waals surface area contributed by atoms with Gasteiger partial charge in [0.1, 0.15) is 0 Å². The summed E-state index contributed by atoms with van der Waals surface area (Å²) in [5.74, 6) is 1.47. The number of thioether (sulfide) groups is 2. The van der Waals surface area contributed by atoms with Crippen molar-refractivity contribution in [1.29, 1.82) is 0 Å². The minimum absolute atomic E-state index is 0.0306. The molecule has 0 aromatic heterocycles. The van der Waals surface area contributed by atoms with Gasteiger partial charge in [0, 0.05) is 40.4 Å². The Bertz CT molecular complexity index is 663. The van der Waals surface area contributed by atoms with Crippen LogP contribution in [0, 0.1) is 10.1 Å². The minimum atomic E-state index is -0.598. The number of rotatable bonds is 5. The molecule has 6 nitrogen and oxygen atoms in total. The van der Waals surface area contributed by atoms with Crippen molar-refractivity contribution in [2.75, 3.05) is 11.5 Å². The van der Waals surface area contributed by atoms with Crippen LogP contribution in [0.4, 0.5) is 5.69 Å². The Balaban J connectivity index is 2.46. The SMILES string of the molecule is CC(=O)NC(C(C(C)=O)=C1SCCS1)c1ccc([N+](=O)[O-])cc1. The number of nitrogens with zero attached hydrogens (tertiary/aromatic N) is 1. The van der Waals surface area contributed by atoms with Gasteiger partial charge in [-0.3, -0.25) is 19.7 Å². The second-order valence-electron chi connectivity index (χ2n) is 4.94. The second kappa shape index (κ2) is 7.65. The van der Waals surface area contributed by atoms with E-state index in [2.05, 4.69) is 5.32 Å². The predicted molar refractivity (Wildman–Crippen MR) is 92.3 cm³/mol. The minimum Gasteiger partial charge on any atom is -0.345 e. The Kier molecular flexibility index (Phi) is 5.84. The van der Waals surface area contributed by atoms with E-state index in [9.17, 15) is 19.7 Å². The summed E-state index contributed by atoms with van der Waals surface area (Å²) in [6, 6.07) is 5.31. The third-order valence-electron chi connectivity index (χ3n) is 3.22. The molecule has 0 aliphatic carbocycles. The number of hydrogen-bond acceptors (Lipinski definition) is 6. The Morgan fingerprint density at radius 1 is 1.17 bits per heavy atom. The van der Waals surface area contributed by atoms with Crippen molar-refractivity contribution in [2.24, 2.45) is 0 Å². The van der Waals surface area contributed by atoms with Gasteiger partial charge in [-0.25, -0.2) is 0 Å². The predicted octanol–water partition coefficient (Wildman–Crippen LogP) is 3.05. The number of Topliss-reactive ketones (excluding diaryl/α,β-unsaturated/α-hetero) is 1. The molecular formula is C15H16N2O4S2. The first kappa shape index (κ1) is 17.6. The van der Waals surface area contributed by atoms with E-state index < -0.39 is 11.0 Å². The first-order valence-corrected chi connectivity index (χ1v) is 8.89. The molecule has 1 aliphatic heterocycles. The molecule has 1 fully saturated rings. The fourth-order valence-electron chi connectivity index (χ4n) is 2.24. The molecule has 8 heteroatoms. The number of nitrogens with one attached hydrogen (secondary N) is 1. The van der Waals surface area contributed by atoms with Crippen molar-refractivity contribution in [3.05, 3.63) is 49.8 Å². The van der Waals surface area contributed by atoms with Crippen molar-refractivity contribution in [3.8, 4) is 0 Å². The largest absolute Gasteiger partial charge is 0.345 e. The molecule has 23 heavy (non-hydrogen) atoms. The summed E-state index contributed by atoms with van der Waals surface area (Å²) in [4.78, 5) is 34.0. The zero-order chi connectivity index (χ0) is 17.0. The maximum atomic E-state index is 12.2. The first-order chi connectivity index (χ1) is 10.9. The molecule has 1 aromatic rings. The number of non-ortho nitro benzene ring substituents is 1. The average molecular weight is 352 g/mol. The molecule has 2 rings (SSSR count). The van der Waals surface area contributed by atoms with Crippen LogP contribution in [0.3, 0.4) is 0 Å². The number of ketones is 1. The molecule has 1 N–H and O–H groups in total. The number of amides is 1. The van der Waals surface area contributed by atoms with Gasteiger partial charge in [0.25, 0.3) is 5.69 Å². The van der Waals surface area contributed by atoms with Crippen molar-refractivity contribution >= 4 is 40.9 Å². The van der Waals surface area contributed by atoms with Crippen LogP contribution in [0.2, 0.25) is 0 Å². The summed E-state index contributed by atoms with van der Waals surface area (Å²) in [7, 11) is 0. The molecule has 0 spiro atoms. The number of nitro benzene ring substituents is 1. The molecule has 1 amide bonds. The Morgan fingerprint density at radius 2 is 1.74 bits per heavy atom. The molecule has 1 aromatic carbocycles. The lowest BCUT2D eigenvalue weighted by Crippen LogP contribution is -2.30. The van der Waals surface area contributed by atoms with Gasteiger partial charge in [0.05, 0.1) is 11.0 Å². The van der Waals surface area contributed by atoms with Gasteiger partial charge >= 0.3 is 0 Å². The normalized spacial score (nSPS) is 15.1. The van der Waals surface area contributed by atoms with E-state index in [1.165, 1.54) is 26.0 Å². The fourth-order valence-corrected chi connectivity index (χ4v) is 4.95. The summed E-state index contributed by atoms with van der Waals surface area (Å²) in [6.07, 6.45) is 0. The second-order valence-corrected chi connectivity index (χ2v) is 7.41. The fraction of sp³-hybridized carbons (Fsp3) is 0.333. The van der Waals surface area contributed by atoms with Crippen LogP contribution < -0.4 is 5.32 Å². The van der Waals surface area contributed by atoms with Crippen LogP contribution in [0.5, 0.6) is 0 Å². The number of carbonyl (C=O) groups is 2. The third kappa shape index (κ3) is 4.35. The lowest BCUT2D eigenvalue weighted by molar-refractivity contribution is -0.384. The van der Waals surface area contributed by atoms with Gasteiger partial charge in [-0.2, -0.15) is 0 Å². The molecule has 1 atom stereocenters. The molecule has 1 heterocycles. The van der Waals surface area contributed by atoms with E-state index in [0.717, 1.165) is 15.7 Å². The molecule has 1 aliphatic rings. The topological polar surface area (TPSA) is 89.3 Å². The van der Waals surface area contributed by atoms with Crippen LogP contribution in [0.15, 0.2) is 34.1 Å². The highest BCUT2D eigenvalue weighted by Crippen LogP contribution is 2.42. The molecule has 1 saturated heterocycles. The zero-order valence-electron chi connectivity index (χ0n) is 12.7. The molecule has 0 saturated carbocycles. The summed E-state index contributed by atoms with van der Waals surface area (Å²) < 4.78 is 0.912. The number of carbonyl (C=O) groups excluding carboxylic acids is 2. The molecule has 0 bridgehead atoms. The smallest absolute Gasteiger partial charge is 0.269 e. The number of benzene rings is 1. The van der Waals surface area contributed by atoms with E-state index in [-0.39, 0.29) is 17.4 Å². The quantitative estimate of drug-likeness (QED) is 0.498. The van der Waals surface area contributed by atoms with E-state index in [0.29, 0.717) is 11.1 Å². The number of nitro groups is 1. The molecular weight excluding hydrogens is 336 g/mol. The summed E-state index contributed by atoms with van der Waals surface area (Å²) in [6.45, 7) is 2.86. The number of hydrogen-bond donors (Lipinski definition) is 1. The highest BCUT2D eigenvalue weighted by atomic mass is 32.2. The van der Waals surface area contributed by atoms with Crippen molar-refractivity contribution in [3.63, 3.8) is 0 Å². The monoisotopic (exact) mass is 352 g/mol. The van der Waals surface area contributed by atoms with Crippen LogP contribution >= 0.6 is 23.5 Å². The van der Waals surface area contributed by atoms with Gasteiger partial charge in [0.15, 0.2) is 5.78 Å². The Morgan fingerprint density at radius 3 is 2.17 bits per heavy atom. The highest BCUT2D eigenvalue weighted by molar-refractivity contribution is 8.25.